The lowest BCUT2D eigenvalue weighted by Gasteiger charge is -2.40. The van der Waals surface area contributed by atoms with Crippen molar-refractivity contribution in [2.24, 2.45) is 0 Å². The van der Waals surface area contributed by atoms with Gasteiger partial charge in [0.2, 0.25) is 11.8 Å². The van der Waals surface area contributed by atoms with Crippen molar-refractivity contribution in [3.63, 3.8) is 0 Å². The van der Waals surface area contributed by atoms with Gasteiger partial charge in [0.25, 0.3) is 0 Å². The van der Waals surface area contributed by atoms with Crippen LogP contribution in [0.1, 0.15) is 57.9 Å². The minimum absolute atomic E-state index is 0.0597. The number of benzene rings is 1. The molecule has 156 valence electrons. The fraction of sp³-hybridized carbons (Fsp3) is 0.636. The molecule has 0 atom stereocenters. The average molecular weight is 391 g/mol. The van der Waals surface area contributed by atoms with Gasteiger partial charge >= 0.3 is 0 Å². The molecule has 0 saturated heterocycles. The summed E-state index contributed by atoms with van der Waals surface area (Å²) in [5.41, 5.74) is 0.171. The van der Waals surface area contributed by atoms with E-state index in [2.05, 4.69) is 5.32 Å². The second-order valence-electron chi connectivity index (χ2n) is 7.35. The number of hydrogen-bond donors (Lipinski definition) is 1. The zero-order valence-electron chi connectivity index (χ0n) is 17.7. The number of nitrogens with zero attached hydrogens (tertiary/aromatic N) is 1. The molecule has 1 aromatic carbocycles. The second-order valence-corrected chi connectivity index (χ2v) is 7.35. The first-order chi connectivity index (χ1) is 13.5. The third-order valence-electron chi connectivity index (χ3n) is 5.65. The summed E-state index contributed by atoms with van der Waals surface area (Å²) in [6.07, 6.45) is 5.32. The number of methoxy groups -OCH3 is 2. The molecule has 2 amide bonds. The maximum Gasteiger partial charge on any atom is 0.248 e. The molecule has 6 heteroatoms. The Morgan fingerprint density at radius 1 is 1.07 bits per heavy atom. The third-order valence-corrected chi connectivity index (χ3v) is 5.65. The van der Waals surface area contributed by atoms with Gasteiger partial charge in [-0.2, -0.15) is 0 Å². The molecule has 6 nitrogen and oxygen atoms in total. The zero-order valence-corrected chi connectivity index (χ0v) is 17.7. The van der Waals surface area contributed by atoms with Gasteiger partial charge in [0.15, 0.2) is 0 Å². The van der Waals surface area contributed by atoms with Gasteiger partial charge in [-0.3, -0.25) is 9.59 Å². The van der Waals surface area contributed by atoms with Crippen molar-refractivity contribution in [2.45, 2.75) is 64.3 Å². The summed E-state index contributed by atoms with van der Waals surface area (Å²) in [5.74, 6) is 1.44. The number of amides is 2. The summed E-state index contributed by atoms with van der Waals surface area (Å²) in [5, 5.41) is 3.12. The van der Waals surface area contributed by atoms with E-state index < -0.39 is 5.54 Å². The summed E-state index contributed by atoms with van der Waals surface area (Å²) in [6.45, 7) is 5.28. The largest absolute Gasteiger partial charge is 0.497 e. The predicted molar refractivity (Wildman–Crippen MR) is 110 cm³/mol. The van der Waals surface area contributed by atoms with Gasteiger partial charge in [-0.15, -0.1) is 0 Å². The standard InChI is InChI=1S/C22H34N2O4/c1-5-24(6-2)21(26)22(14-8-7-9-15-22)23-20(25)13-10-17-16-18(27-3)11-12-19(17)28-4/h11-12,16H,5-10,13-15H2,1-4H3,(H,23,25). The van der Waals surface area contributed by atoms with Gasteiger partial charge in [0.1, 0.15) is 17.0 Å². The first kappa shape index (κ1) is 22.1. The van der Waals surface area contributed by atoms with E-state index in [1.165, 1.54) is 0 Å². The van der Waals surface area contributed by atoms with Crippen molar-refractivity contribution in [2.75, 3.05) is 27.3 Å². The van der Waals surface area contributed by atoms with E-state index in [0.717, 1.165) is 49.2 Å². The average Bonchev–Trinajstić information content (AvgIpc) is 2.73. The topological polar surface area (TPSA) is 67.9 Å². The van der Waals surface area contributed by atoms with Crippen molar-refractivity contribution >= 4 is 11.8 Å². The monoisotopic (exact) mass is 390 g/mol. The molecule has 0 heterocycles. The van der Waals surface area contributed by atoms with Crippen LogP contribution in [0.4, 0.5) is 0 Å². The summed E-state index contributed by atoms with van der Waals surface area (Å²) in [7, 11) is 3.23. The maximum absolute atomic E-state index is 13.2. The highest BCUT2D eigenvalue weighted by Gasteiger charge is 2.42. The van der Waals surface area contributed by atoms with Crippen LogP contribution in [-0.4, -0.2) is 49.6 Å². The molecule has 2 rings (SSSR count). The highest BCUT2D eigenvalue weighted by molar-refractivity contribution is 5.91. The maximum atomic E-state index is 13.2. The number of carbonyl (C=O) groups is 2. The number of rotatable bonds is 9. The van der Waals surface area contributed by atoms with Gasteiger partial charge in [0.05, 0.1) is 14.2 Å². The number of likely N-dealkylation sites (N-methyl/N-ethyl adjacent to an activating group) is 1. The normalized spacial score (nSPS) is 15.6. The summed E-state index contributed by atoms with van der Waals surface area (Å²) < 4.78 is 10.7. The van der Waals surface area contributed by atoms with E-state index in [1.54, 1.807) is 14.2 Å². The molecular formula is C22H34N2O4. The van der Waals surface area contributed by atoms with E-state index in [4.69, 9.17) is 9.47 Å². The minimum atomic E-state index is -0.750. The number of ether oxygens (including phenoxy) is 2. The first-order valence-corrected chi connectivity index (χ1v) is 10.3. The number of aryl methyl sites for hydroxylation is 1. The van der Waals surface area contributed by atoms with Crippen molar-refractivity contribution in [1.29, 1.82) is 0 Å². The van der Waals surface area contributed by atoms with Crippen molar-refractivity contribution in [3.05, 3.63) is 23.8 Å². The van der Waals surface area contributed by atoms with Crippen LogP contribution in [0.5, 0.6) is 11.5 Å². The lowest BCUT2D eigenvalue weighted by Crippen LogP contribution is -2.60. The second kappa shape index (κ2) is 10.3. The van der Waals surface area contributed by atoms with Crippen LogP contribution in [0.15, 0.2) is 18.2 Å². The zero-order chi connectivity index (χ0) is 20.6. The lowest BCUT2D eigenvalue weighted by atomic mass is 9.80. The van der Waals surface area contributed by atoms with Crippen molar-refractivity contribution in [3.8, 4) is 11.5 Å². The molecule has 1 aliphatic carbocycles. The Hall–Kier alpha value is -2.24. The molecule has 1 fully saturated rings. The number of carbonyl (C=O) groups excluding carboxylic acids is 2. The Labute approximate surface area is 168 Å². The van der Waals surface area contributed by atoms with Crippen molar-refractivity contribution < 1.29 is 19.1 Å². The van der Waals surface area contributed by atoms with Crippen LogP contribution in [-0.2, 0) is 16.0 Å². The smallest absolute Gasteiger partial charge is 0.248 e. The summed E-state index contributed by atoms with van der Waals surface area (Å²) in [4.78, 5) is 27.8. The fourth-order valence-electron chi connectivity index (χ4n) is 4.02. The molecule has 1 N–H and O–H groups in total. The van der Waals surface area contributed by atoms with Gasteiger partial charge < -0.3 is 19.7 Å². The molecule has 0 unspecified atom stereocenters. The van der Waals surface area contributed by atoms with Crippen LogP contribution in [0.3, 0.4) is 0 Å². The Kier molecular flexibility index (Phi) is 8.15. The van der Waals surface area contributed by atoms with E-state index in [-0.39, 0.29) is 11.8 Å². The van der Waals surface area contributed by atoms with E-state index in [9.17, 15) is 9.59 Å². The SMILES string of the molecule is CCN(CC)C(=O)C1(NC(=O)CCc2cc(OC)ccc2OC)CCCCC1. The molecule has 1 aliphatic rings. The van der Waals surface area contributed by atoms with Crippen LogP contribution in [0.2, 0.25) is 0 Å². The number of hydrogen-bond acceptors (Lipinski definition) is 4. The quantitative estimate of drug-likeness (QED) is 0.702. The third kappa shape index (κ3) is 5.18. The molecule has 1 saturated carbocycles. The van der Waals surface area contributed by atoms with Crippen molar-refractivity contribution in [1.82, 2.24) is 10.2 Å². The first-order valence-electron chi connectivity index (χ1n) is 10.3. The lowest BCUT2D eigenvalue weighted by molar-refractivity contribution is -0.143. The number of nitrogens with one attached hydrogen (secondary N) is 1. The van der Waals surface area contributed by atoms with Gasteiger partial charge in [0, 0.05) is 19.5 Å². The van der Waals surface area contributed by atoms with Gasteiger partial charge in [-0.25, -0.2) is 0 Å². The molecular weight excluding hydrogens is 356 g/mol. The molecule has 28 heavy (non-hydrogen) atoms. The predicted octanol–water partition coefficient (Wildman–Crippen LogP) is 3.32. The van der Waals surface area contributed by atoms with Gasteiger partial charge in [-0.1, -0.05) is 19.3 Å². The summed E-state index contributed by atoms with van der Waals surface area (Å²) >= 11 is 0. The molecule has 0 bridgehead atoms. The fourth-order valence-corrected chi connectivity index (χ4v) is 4.02. The van der Waals surface area contributed by atoms with Gasteiger partial charge in [-0.05, 0) is 56.9 Å². The molecule has 0 aliphatic heterocycles. The molecule has 0 aromatic heterocycles. The highest BCUT2D eigenvalue weighted by atomic mass is 16.5. The van der Waals surface area contributed by atoms with Crippen LogP contribution >= 0.6 is 0 Å². The van der Waals surface area contributed by atoms with E-state index >= 15 is 0 Å². The Morgan fingerprint density at radius 2 is 1.75 bits per heavy atom. The minimum Gasteiger partial charge on any atom is -0.497 e. The Balaban J connectivity index is 2.09. The Bertz CT molecular complexity index is 665. The Morgan fingerprint density at radius 3 is 2.32 bits per heavy atom. The van der Waals surface area contributed by atoms with E-state index in [0.29, 0.717) is 25.9 Å². The van der Waals surface area contributed by atoms with Crippen LogP contribution in [0, 0.1) is 0 Å². The molecule has 0 radical (unpaired) electrons. The van der Waals surface area contributed by atoms with E-state index in [1.807, 2.05) is 36.9 Å². The summed E-state index contributed by atoms with van der Waals surface area (Å²) in [6, 6.07) is 5.57. The molecule has 1 aromatic rings. The van der Waals surface area contributed by atoms with Crippen LogP contribution in [0.25, 0.3) is 0 Å². The molecule has 0 spiro atoms. The highest BCUT2D eigenvalue weighted by Crippen LogP contribution is 2.31. The van der Waals surface area contributed by atoms with Crippen LogP contribution < -0.4 is 14.8 Å².